The van der Waals surface area contributed by atoms with Crippen LogP contribution in [0.1, 0.15) is 122 Å². The summed E-state index contributed by atoms with van der Waals surface area (Å²) in [5.41, 5.74) is 2.79. The molecule has 39 heavy (non-hydrogen) atoms. The van der Waals surface area contributed by atoms with E-state index in [2.05, 4.69) is 25.5 Å². The van der Waals surface area contributed by atoms with Crippen molar-refractivity contribution in [3.8, 4) is 16.9 Å². The summed E-state index contributed by atoms with van der Waals surface area (Å²) in [5.74, 6) is 1.82. The van der Waals surface area contributed by atoms with Crippen molar-refractivity contribution in [1.29, 1.82) is 0 Å². The van der Waals surface area contributed by atoms with Crippen molar-refractivity contribution in [2.75, 3.05) is 6.26 Å². The van der Waals surface area contributed by atoms with Crippen molar-refractivity contribution in [2.45, 2.75) is 123 Å². The lowest BCUT2D eigenvalue weighted by molar-refractivity contribution is -0.123. The summed E-state index contributed by atoms with van der Waals surface area (Å²) in [5, 5.41) is 0. The van der Waals surface area contributed by atoms with E-state index in [0.29, 0.717) is 0 Å². The van der Waals surface area contributed by atoms with Gasteiger partial charge in [-0.1, -0.05) is 83.0 Å². The summed E-state index contributed by atoms with van der Waals surface area (Å²) in [4.78, 5) is 12.7. The zero-order valence-electron chi connectivity index (χ0n) is 25.1. The lowest BCUT2D eigenvalue weighted by Crippen LogP contribution is -2.36. The number of amides is 1. The summed E-state index contributed by atoms with van der Waals surface area (Å²) in [6.45, 7) is 10.7. The SMILES string of the molecule is CCCCC(C)CC.CSNC(=O)C(C)(C)c1ccc(OC2CCCC2)c(-c2cccc(F)c2C2CCC2)c1. The minimum absolute atomic E-state index is 0.0473. The minimum Gasteiger partial charge on any atom is -0.490 e. The van der Waals surface area contributed by atoms with Gasteiger partial charge in [-0.05, 0) is 99.1 Å². The zero-order valence-corrected chi connectivity index (χ0v) is 25.9. The Kier molecular flexibility index (Phi) is 12.2. The molecule has 1 unspecified atom stereocenters. The lowest BCUT2D eigenvalue weighted by atomic mass is 9.76. The van der Waals surface area contributed by atoms with Gasteiger partial charge in [0.15, 0.2) is 0 Å². The molecule has 1 N–H and O–H groups in total. The van der Waals surface area contributed by atoms with E-state index in [0.717, 1.165) is 66.0 Å². The van der Waals surface area contributed by atoms with Gasteiger partial charge in [0.05, 0.1) is 11.5 Å². The molecule has 2 aliphatic rings. The number of benzene rings is 2. The Balaban J connectivity index is 0.000000459. The second-order valence-electron chi connectivity index (χ2n) is 12.0. The number of carbonyl (C=O) groups excluding carboxylic acids is 1. The van der Waals surface area contributed by atoms with E-state index in [4.69, 9.17) is 4.74 Å². The fourth-order valence-corrected chi connectivity index (χ4v) is 5.85. The molecule has 0 aromatic heterocycles. The van der Waals surface area contributed by atoms with Crippen molar-refractivity contribution in [3.63, 3.8) is 0 Å². The Labute approximate surface area is 241 Å². The number of ether oxygens (including phenoxy) is 1. The number of rotatable bonds is 11. The van der Waals surface area contributed by atoms with Crippen LogP contribution in [0.5, 0.6) is 5.75 Å². The van der Waals surface area contributed by atoms with Gasteiger partial charge in [0.2, 0.25) is 5.91 Å². The van der Waals surface area contributed by atoms with E-state index in [1.165, 1.54) is 50.5 Å². The standard InChI is InChI=1S/C26H32FNO2S.C8H18/c1-26(2,25(29)28-31-3)18-14-15-23(30-19-10-4-5-11-19)21(16-18)20-12-7-13-22(27)24(20)17-8-6-9-17;1-4-6-7-8(3)5-2/h7,12-17,19H,4-6,8-11H2,1-3H3,(H,28,29);8H,4-7H2,1-3H3. The first kappa shape index (κ1) is 31.5. The summed E-state index contributed by atoms with van der Waals surface area (Å²) in [7, 11) is 0. The van der Waals surface area contributed by atoms with Gasteiger partial charge in [0.1, 0.15) is 11.6 Å². The average Bonchev–Trinajstić information content (AvgIpc) is 3.41. The highest BCUT2D eigenvalue weighted by molar-refractivity contribution is 7.97. The van der Waals surface area contributed by atoms with E-state index >= 15 is 0 Å². The van der Waals surface area contributed by atoms with Gasteiger partial charge in [-0.25, -0.2) is 4.39 Å². The molecule has 2 aromatic carbocycles. The molecule has 0 heterocycles. The maximum absolute atomic E-state index is 15.0. The third-order valence-corrected chi connectivity index (χ3v) is 9.05. The van der Waals surface area contributed by atoms with Crippen LogP contribution in [0.15, 0.2) is 36.4 Å². The molecule has 2 aliphatic carbocycles. The molecule has 2 aromatic rings. The summed E-state index contributed by atoms with van der Waals surface area (Å²) >= 11 is 1.30. The predicted octanol–water partition coefficient (Wildman–Crippen LogP) is 9.98. The molecular weight excluding hydrogens is 505 g/mol. The largest absolute Gasteiger partial charge is 0.490 e. The summed E-state index contributed by atoms with van der Waals surface area (Å²) in [6, 6.07) is 11.4. The highest BCUT2D eigenvalue weighted by Crippen LogP contribution is 2.46. The molecular formula is C34H50FNO2S. The van der Waals surface area contributed by atoms with Crippen molar-refractivity contribution in [1.82, 2.24) is 4.72 Å². The van der Waals surface area contributed by atoms with Gasteiger partial charge < -0.3 is 4.74 Å². The quantitative estimate of drug-likeness (QED) is 0.280. The molecule has 0 aliphatic heterocycles. The van der Waals surface area contributed by atoms with Gasteiger partial charge in [0, 0.05) is 11.8 Å². The highest BCUT2D eigenvalue weighted by Gasteiger charge is 2.32. The Bertz CT molecular complexity index is 1060. The molecule has 3 nitrogen and oxygen atoms in total. The third-order valence-electron chi connectivity index (χ3n) is 8.66. The molecule has 2 fully saturated rings. The maximum Gasteiger partial charge on any atom is 0.239 e. The van der Waals surface area contributed by atoms with Gasteiger partial charge >= 0.3 is 0 Å². The predicted molar refractivity (Wildman–Crippen MR) is 165 cm³/mol. The molecule has 0 bridgehead atoms. The molecule has 0 saturated heterocycles. The van der Waals surface area contributed by atoms with Crippen LogP contribution >= 0.6 is 11.9 Å². The number of carbonyl (C=O) groups is 1. The van der Waals surface area contributed by atoms with E-state index in [-0.39, 0.29) is 23.7 Å². The minimum atomic E-state index is -0.715. The van der Waals surface area contributed by atoms with Crippen LogP contribution in [-0.4, -0.2) is 18.3 Å². The van der Waals surface area contributed by atoms with E-state index < -0.39 is 5.41 Å². The van der Waals surface area contributed by atoms with Crippen LogP contribution in [0, 0.1) is 11.7 Å². The molecule has 0 spiro atoms. The first-order valence-corrected chi connectivity index (χ1v) is 16.4. The second kappa shape index (κ2) is 15.1. The summed E-state index contributed by atoms with van der Waals surface area (Å²) in [6.07, 6.45) is 15.3. The van der Waals surface area contributed by atoms with Gasteiger partial charge in [0.25, 0.3) is 0 Å². The molecule has 0 radical (unpaired) electrons. The molecule has 216 valence electrons. The topological polar surface area (TPSA) is 38.3 Å². The smallest absolute Gasteiger partial charge is 0.239 e. The van der Waals surface area contributed by atoms with Crippen molar-refractivity contribution >= 4 is 17.9 Å². The zero-order chi connectivity index (χ0) is 28.4. The van der Waals surface area contributed by atoms with Crippen LogP contribution in [0.3, 0.4) is 0 Å². The molecule has 1 atom stereocenters. The first-order valence-electron chi connectivity index (χ1n) is 15.2. The van der Waals surface area contributed by atoms with E-state index in [9.17, 15) is 9.18 Å². The van der Waals surface area contributed by atoms with Crippen LogP contribution in [-0.2, 0) is 10.2 Å². The summed E-state index contributed by atoms with van der Waals surface area (Å²) < 4.78 is 24.3. The monoisotopic (exact) mass is 555 g/mol. The molecule has 4 rings (SSSR count). The normalized spacial score (nSPS) is 16.7. The first-order chi connectivity index (χ1) is 18.7. The number of unbranched alkanes of at least 4 members (excludes halogenated alkanes) is 1. The van der Waals surface area contributed by atoms with Crippen molar-refractivity contribution in [3.05, 3.63) is 53.3 Å². The van der Waals surface area contributed by atoms with Crippen LogP contribution in [0.2, 0.25) is 0 Å². The Hall–Kier alpha value is -2.01. The third kappa shape index (κ3) is 8.25. The molecule has 2 saturated carbocycles. The van der Waals surface area contributed by atoms with Crippen LogP contribution < -0.4 is 9.46 Å². The number of hydrogen-bond donors (Lipinski definition) is 1. The van der Waals surface area contributed by atoms with Crippen LogP contribution in [0.4, 0.5) is 4.39 Å². The van der Waals surface area contributed by atoms with E-state index in [1.807, 2.05) is 44.4 Å². The van der Waals surface area contributed by atoms with E-state index in [1.54, 1.807) is 12.1 Å². The van der Waals surface area contributed by atoms with Gasteiger partial charge in [-0.3, -0.25) is 9.52 Å². The number of nitrogens with one attached hydrogen (secondary N) is 1. The highest BCUT2D eigenvalue weighted by atomic mass is 32.2. The fourth-order valence-electron chi connectivity index (χ4n) is 5.41. The van der Waals surface area contributed by atoms with Crippen molar-refractivity contribution in [2.24, 2.45) is 5.92 Å². The van der Waals surface area contributed by atoms with Crippen LogP contribution in [0.25, 0.3) is 11.1 Å². The lowest BCUT2D eigenvalue weighted by Gasteiger charge is -2.30. The maximum atomic E-state index is 15.0. The second-order valence-corrected chi connectivity index (χ2v) is 12.6. The average molecular weight is 556 g/mol. The Morgan fingerprint density at radius 1 is 1.08 bits per heavy atom. The Morgan fingerprint density at radius 3 is 2.38 bits per heavy atom. The number of hydrogen-bond acceptors (Lipinski definition) is 3. The Morgan fingerprint density at radius 2 is 1.79 bits per heavy atom. The van der Waals surface area contributed by atoms with Gasteiger partial charge in [-0.15, -0.1) is 0 Å². The molecule has 1 amide bonds. The van der Waals surface area contributed by atoms with Crippen molar-refractivity contribution < 1.29 is 13.9 Å². The fraction of sp³-hybridized carbons (Fsp3) is 0.618. The molecule has 5 heteroatoms. The van der Waals surface area contributed by atoms with Gasteiger partial charge in [-0.2, -0.15) is 0 Å². The number of halogens is 1.